The highest BCUT2D eigenvalue weighted by Crippen LogP contribution is 2.43. The predicted octanol–water partition coefficient (Wildman–Crippen LogP) is 0.431. The third-order valence-electron chi connectivity index (χ3n) is 5.16. The lowest BCUT2D eigenvalue weighted by Crippen LogP contribution is -2.53. The summed E-state index contributed by atoms with van der Waals surface area (Å²) in [6.07, 6.45) is 6.97. The number of aromatic nitrogens is 2. The van der Waals surface area contributed by atoms with E-state index in [1.54, 1.807) is 24.2 Å². The second-order valence-corrected chi connectivity index (χ2v) is 6.32. The van der Waals surface area contributed by atoms with E-state index in [-0.39, 0.29) is 36.8 Å². The Labute approximate surface area is 136 Å². The van der Waals surface area contributed by atoms with Crippen LogP contribution in [0.25, 0.3) is 0 Å². The Bertz CT molecular complexity index is 521. The average Bonchev–Trinajstić information content (AvgIpc) is 3.20. The first-order valence-corrected chi connectivity index (χ1v) is 8.23. The van der Waals surface area contributed by atoms with Gasteiger partial charge in [0.1, 0.15) is 6.54 Å². The maximum absolute atomic E-state index is 12.7. The average molecular weight is 323 g/mol. The van der Waals surface area contributed by atoms with Gasteiger partial charge in [-0.15, -0.1) is 0 Å². The van der Waals surface area contributed by atoms with Crippen LogP contribution in [-0.2, 0) is 20.8 Å². The van der Waals surface area contributed by atoms with Gasteiger partial charge in [0.2, 0.25) is 5.91 Å². The first-order valence-electron chi connectivity index (χ1n) is 8.23. The standard InChI is InChI=1S/C16H25N3O4/c1-22-16-4-3-13(23-10-9-20)11-14(16)19(8-5-16)15(21)12-18-7-2-6-17-18/h2,6-7,13-14,20H,3-5,8-12H2,1H3/t13-,14-,16+/m0/s1. The summed E-state index contributed by atoms with van der Waals surface area (Å²) in [6, 6.07) is 1.85. The molecule has 7 heteroatoms. The van der Waals surface area contributed by atoms with Gasteiger partial charge in [0.15, 0.2) is 0 Å². The molecule has 3 atom stereocenters. The van der Waals surface area contributed by atoms with Crippen LogP contribution in [0.2, 0.25) is 0 Å². The van der Waals surface area contributed by atoms with Gasteiger partial charge in [0, 0.05) is 26.0 Å². The second-order valence-electron chi connectivity index (χ2n) is 6.32. The summed E-state index contributed by atoms with van der Waals surface area (Å²) in [4.78, 5) is 14.6. The molecule has 2 aliphatic rings. The lowest BCUT2D eigenvalue weighted by atomic mass is 9.79. The number of fused-ring (bicyclic) bond motifs is 1. The molecule has 0 radical (unpaired) electrons. The number of aliphatic hydroxyl groups is 1. The first-order chi connectivity index (χ1) is 11.2. The van der Waals surface area contributed by atoms with Crippen LogP contribution in [0.4, 0.5) is 0 Å². The van der Waals surface area contributed by atoms with Crippen LogP contribution in [-0.4, -0.2) is 70.3 Å². The Hall–Kier alpha value is -1.44. The minimum atomic E-state index is -0.251. The zero-order valence-corrected chi connectivity index (χ0v) is 13.6. The number of hydrogen-bond acceptors (Lipinski definition) is 5. The van der Waals surface area contributed by atoms with Crippen molar-refractivity contribution in [1.29, 1.82) is 0 Å². The minimum Gasteiger partial charge on any atom is -0.394 e. The van der Waals surface area contributed by atoms with E-state index < -0.39 is 0 Å². The van der Waals surface area contributed by atoms with Gasteiger partial charge >= 0.3 is 0 Å². The smallest absolute Gasteiger partial charge is 0.244 e. The number of likely N-dealkylation sites (tertiary alicyclic amines) is 1. The van der Waals surface area contributed by atoms with Crippen LogP contribution in [0.3, 0.4) is 0 Å². The molecular formula is C16H25N3O4. The van der Waals surface area contributed by atoms with Gasteiger partial charge in [-0.3, -0.25) is 9.48 Å². The molecule has 2 fully saturated rings. The Morgan fingerprint density at radius 3 is 3.04 bits per heavy atom. The Balaban J connectivity index is 1.69. The molecule has 1 aromatic rings. The van der Waals surface area contributed by atoms with Gasteiger partial charge in [-0.2, -0.15) is 5.10 Å². The van der Waals surface area contributed by atoms with Crippen LogP contribution in [0.15, 0.2) is 18.5 Å². The molecule has 1 aliphatic carbocycles. The van der Waals surface area contributed by atoms with Gasteiger partial charge < -0.3 is 19.5 Å². The number of hydrogen-bond donors (Lipinski definition) is 1. The number of nitrogens with zero attached hydrogens (tertiary/aromatic N) is 3. The van der Waals surface area contributed by atoms with Crippen molar-refractivity contribution in [3.63, 3.8) is 0 Å². The lowest BCUT2D eigenvalue weighted by Gasteiger charge is -2.43. The molecule has 128 valence electrons. The van der Waals surface area contributed by atoms with Crippen LogP contribution in [0.5, 0.6) is 0 Å². The predicted molar refractivity (Wildman–Crippen MR) is 82.8 cm³/mol. The van der Waals surface area contributed by atoms with Gasteiger partial charge in [0.05, 0.1) is 31.0 Å². The summed E-state index contributed by atoms with van der Waals surface area (Å²) in [7, 11) is 1.74. The molecule has 0 spiro atoms. The van der Waals surface area contributed by atoms with E-state index in [4.69, 9.17) is 14.6 Å². The molecule has 1 saturated carbocycles. The maximum Gasteiger partial charge on any atom is 0.244 e. The molecular weight excluding hydrogens is 298 g/mol. The Kier molecular flexibility index (Phi) is 4.99. The number of rotatable bonds is 6. The third kappa shape index (κ3) is 3.27. The quantitative estimate of drug-likeness (QED) is 0.821. The van der Waals surface area contributed by atoms with E-state index in [0.29, 0.717) is 13.2 Å². The number of aliphatic hydroxyl groups excluding tert-OH is 1. The van der Waals surface area contributed by atoms with Gasteiger partial charge in [0.25, 0.3) is 0 Å². The zero-order valence-electron chi connectivity index (χ0n) is 13.6. The molecule has 1 N–H and O–H groups in total. The van der Waals surface area contributed by atoms with E-state index in [9.17, 15) is 4.79 Å². The van der Waals surface area contributed by atoms with Crippen molar-refractivity contribution >= 4 is 5.91 Å². The SMILES string of the molecule is CO[C@@]12CC[C@H](OCCO)C[C@@H]1N(C(=O)Cn1cccn1)CC2. The number of carbonyl (C=O) groups is 1. The van der Waals surface area contributed by atoms with E-state index >= 15 is 0 Å². The fourth-order valence-electron chi connectivity index (χ4n) is 3.95. The fourth-order valence-corrected chi connectivity index (χ4v) is 3.95. The molecule has 0 aromatic carbocycles. The van der Waals surface area contributed by atoms with Gasteiger partial charge in [-0.25, -0.2) is 0 Å². The van der Waals surface area contributed by atoms with Crippen molar-refractivity contribution in [2.24, 2.45) is 0 Å². The largest absolute Gasteiger partial charge is 0.394 e. The Morgan fingerprint density at radius 1 is 1.48 bits per heavy atom. The number of amides is 1. The highest BCUT2D eigenvalue weighted by molar-refractivity contribution is 5.77. The molecule has 1 aliphatic heterocycles. The summed E-state index contributed by atoms with van der Waals surface area (Å²) < 4.78 is 13.2. The zero-order chi connectivity index (χ0) is 16.3. The molecule has 0 unspecified atom stereocenters. The van der Waals surface area contributed by atoms with E-state index in [1.807, 2.05) is 11.0 Å². The van der Waals surface area contributed by atoms with Crippen LogP contribution in [0, 0.1) is 0 Å². The second kappa shape index (κ2) is 6.98. The molecule has 1 amide bonds. The molecule has 1 saturated heterocycles. The summed E-state index contributed by atoms with van der Waals surface area (Å²) in [5.41, 5.74) is -0.251. The first kappa shape index (κ1) is 16.4. The van der Waals surface area contributed by atoms with Crippen LogP contribution < -0.4 is 0 Å². The molecule has 0 bridgehead atoms. The summed E-state index contributed by atoms with van der Waals surface area (Å²) >= 11 is 0. The van der Waals surface area contributed by atoms with E-state index in [0.717, 1.165) is 25.7 Å². The van der Waals surface area contributed by atoms with Crippen molar-refractivity contribution in [1.82, 2.24) is 14.7 Å². The van der Waals surface area contributed by atoms with Crippen molar-refractivity contribution in [2.45, 2.75) is 50.0 Å². The summed E-state index contributed by atoms with van der Waals surface area (Å²) in [5, 5.41) is 13.1. The van der Waals surface area contributed by atoms with Gasteiger partial charge in [-0.05, 0) is 31.7 Å². The lowest BCUT2D eigenvalue weighted by molar-refractivity contribution is -0.142. The summed E-state index contributed by atoms with van der Waals surface area (Å²) in [5.74, 6) is 0.0698. The normalized spacial score (nSPS) is 30.4. The third-order valence-corrected chi connectivity index (χ3v) is 5.16. The van der Waals surface area contributed by atoms with E-state index in [2.05, 4.69) is 5.10 Å². The summed E-state index contributed by atoms with van der Waals surface area (Å²) in [6.45, 7) is 1.34. The van der Waals surface area contributed by atoms with Crippen LogP contribution >= 0.6 is 0 Å². The van der Waals surface area contributed by atoms with Crippen molar-refractivity contribution in [3.8, 4) is 0 Å². The molecule has 3 rings (SSSR count). The number of methoxy groups -OCH3 is 1. The highest BCUT2D eigenvalue weighted by Gasteiger charge is 2.52. The van der Waals surface area contributed by atoms with Gasteiger partial charge in [-0.1, -0.05) is 0 Å². The highest BCUT2D eigenvalue weighted by atomic mass is 16.5. The minimum absolute atomic E-state index is 0.0263. The van der Waals surface area contributed by atoms with Crippen LogP contribution in [0.1, 0.15) is 25.7 Å². The van der Waals surface area contributed by atoms with Crippen molar-refractivity contribution < 1.29 is 19.4 Å². The van der Waals surface area contributed by atoms with Crippen molar-refractivity contribution in [2.75, 3.05) is 26.9 Å². The molecule has 23 heavy (non-hydrogen) atoms. The number of carbonyl (C=O) groups excluding carboxylic acids is 1. The topological polar surface area (TPSA) is 76.8 Å². The molecule has 1 aromatic heterocycles. The maximum atomic E-state index is 12.7. The molecule has 7 nitrogen and oxygen atoms in total. The number of ether oxygens (including phenoxy) is 2. The fraction of sp³-hybridized carbons (Fsp3) is 0.750. The Morgan fingerprint density at radius 2 is 2.35 bits per heavy atom. The van der Waals surface area contributed by atoms with Crippen molar-refractivity contribution in [3.05, 3.63) is 18.5 Å². The monoisotopic (exact) mass is 323 g/mol. The molecule has 2 heterocycles. The van der Waals surface area contributed by atoms with E-state index in [1.165, 1.54) is 0 Å².